The Hall–Kier alpha value is -3.35. The first-order valence-corrected chi connectivity index (χ1v) is 11.2. The summed E-state index contributed by atoms with van der Waals surface area (Å²) in [7, 11) is 0. The van der Waals surface area contributed by atoms with E-state index >= 15 is 0 Å². The molecule has 0 aliphatic carbocycles. The van der Waals surface area contributed by atoms with E-state index in [1.165, 1.54) is 18.3 Å². The first-order valence-electron chi connectivity index (χ1n) is 11.2. The average molecular weight is 497 g/mol. The number of carbonyl (C=O) groups is 1. The molecule has 190 valence electrons. The molecule has 1 aromatic heterocycles. The van der Waals surface area contributed by atoms with Gasteiger partial charge >= 0.3 is 24.1 Å². The maximum absolute atomic E-state index is 12.6. The van der Waals surface area contributed by atoms with Crippen LogP contribution >= 0.6 is 0 Å². The van der Waals surface area contributed by atoms with Gasteiger partial charge < -0.3 is 24.9 Å². The zero-order valence-corrected chi connectivity index (χ0v) is 19.1. The number of imidazole rings is 1. The molecule has 0 saturated carbocycles. The number of rotatable bonds is 7. The molecule has 10 nitrogen and oxygen atoms in total. The third-order valence-corrected chi connectivity index (χ3v) is 6.09. The van der Waals surface area contributed by atoms with Gasteiger partial charge in [0.15, 0.2) is 0 Å². The monoisotopic (exact) mass is 497 g/mol. The molecule has 0 bridgehead atoms. The molecule has 0 unspecified atom stereocenters. The molecule has 13 heteroatoms. The van der Waals surface area contributed by atoms with Crippen LogP contribution in [0.4, 0.5) is 23.8 Å². The highest BCUT2D eigenvalue weighted by Gasteiger charge is 2.42. The van der Waals surface area contributed by atoms with E-state index in [0.29, 0.717) is 51.0 Å². The number of fused-ring (bicyclic) bond motifs is 1. The molecule has 2 aliphatic rings. The minimum absolute atomic E-state index is 0.229. The number of nitrogens with zero attached hydrogens (tertiary/aromatic N) is 4. The van der Waals surface area contributed by atoms with Crippen molar-refractivity contribution in [2.75, 3.05) is 26.2 Å². The molecule has 1 fully saturated rings. The lowest BCUT2D eigenvalue weighted by Gasteiger charge is -2.35. The summed E-state index contributed by atoms with van der Waals surface area (Å²) < 4.78 is 50.8. The summed E-state index contributed by atoms with van der Waals surface area (Å²) >= 11 is 0. The fraction of sp³-hybridized carbons (Fsp3) is 0.545. The van der Waals surface area contributed by atoms with Crippen LogP contribution in [-0.4, -0.2) is 63.4 Å². The number of ether oxygens (including phenoxy) is 2. The lowest BCUT2D eigenvalue weighted by atomic mass is 10.0. The van der Waals surface area contributed by atoms with E-state index in [4.69, 9.17) is 9.47 Å². The summed E-state index contributed by atoms with van der Waals surface area (Å²) in [5.41, 5.74) is -0.574. The van der Waals surface area contributed by atoms with Crippen molar-refractivity contribution in [1.82, 2.24) is 19.8 Å². The maximum atomic E-state index is 12.6. The normalized spacial score (nSPS) is 20.8. The van der Waals surface area contributed by atoms with E-state index in [1.807, 2.05) is 6.92 Å². The lowest BCUT2D eigenvalue weighted by molar-refractivity contribution is -0.389. The molecular weight excluding hydrogens is 471 g/mol. The predicted molar refractivity (Wildman–Crippen MR) is 117 cm³/mol. The van der Waals surface area contributed by atoms with Crippen LogP contribution in [0.5, 0.6) is 6.01 Å². The summed E-state index contributed by atoms with van der Waals surface area (Å²) in [5.74, 6) is -0.238. The number of amides is 1. The molecule has 35 heavy (non-hydrogen) atoms. The van der Waals surface area contributed by atoms with Crippen LogP contribution in [0.15, 0.2) is 30.5 Å². The summed E-state index contributed by atoms with van der Waals surface area (Å²) in [6.07, 6.45) is -2.08. The van der Waals surface area contributed by atoms with Gasteiger partial charge in [-0.2, -0.15) is 13.2 Å². The molecule has 0 spiro atoms. The van der Waals surface area contributed by atoms with E-state index in [0.717, 1.165) is 12.1 Å². The molecule has 2 aliphatic heterocycles. The molecule has 1 aromatic carbocycles. The number of carbonyl (C=O) groups excluding carboxylic acids is 1. The second kappa shape index (κ2) is 9.72. The Kier molecular flexibility index (Phi) is 6.88. The number of nitrogens with one attached hydrogen (secondary N) is 1. The van der Waals surface area contributed by atoms with Crippen LogP contribution in [0.25, 0.3) is 0 Å². The third-order valence-electron chi connectivity index (χ3n) is 6.09. The van der Waals surface area contributed by atoms with E-state index in [2.05, 4.69) is 15.2 Å². The minimum atomic E-state index is -4.37. The van der Waals surface area contributed by atoms with E-state index < -0.39 is 28.4 Å². The Balaban J connectivity index is 1.14. The molecule has 0 radical (unpaired) electrons. The van der Waals surface area contributed by atoms with Gasteiger partial charge in [-0.1, -0.05) is 12.1 Å². The number of hydrogen-bond acceptors (Lipinski definition) is 7. The Morgan fingerprint density at radius 1 is 1.31 bits per heavy atom. The smallest absolute Gasteiger partial charge is 0.416 e. The zero-order valence-electron chi connectivity index (χ0n) is 19.1. The van der Waals surface area contributed by atoms with Crippen molar-refractivity contribution in [2.45, 2.75) is 50.6 Å². The van der Waals surface area contributed by atoms with Crippen LogP contribution in [0.2, 0.25) is 0 Å². The molecule has 1 N–H and O–H groups in total. The average Bonchev–Trinajstić information content (AvgIpc) is 3.30. The van der Waals surface area contributed by atoms with Gasteiger partial charge in [-0.05, 0) is 48.8 Å². The highest BCUT2D eigenvalue weighted by Crippen LogP contribution is 2.32. The van der Waals surface area contributed by atoms with Crippen molar-refractivity contribution in [3.8, 4) is 6.01 Å². The van der Waals surface area contributed by atoms with E-state index in [9.17, 15) is 28.1 Å². The number of hydrogen-bond donors (Lipinski definition) is 1. The topological polar surface area (TPSA) is 112 Å². The Bertz CT molecular complexity index is 1040. The maximum Gasteiger partial charge on any atom is 0.416 e. The van der Waals surface area contributed by atoms with Crippen molar-refractivity contribution < 1.29 is 32.4 Å². The van der Waals surface area contributed by atoms with Crippen molar-refractivity contribution >= 4 is 11.9 Å². The number of nitro groups is 1. The van der Waals surface area contributed by atoms with Crippen LogP contribution in [-0.2, 0) is 23.9 Å². The largest absolute Gasteiger partial charge is 0.446 e. The molecule has 1 atom stereocenters. The highest BCUT2D eigenvalue weighted by molar-refractivity contribution is 5.67. The van der Waals surface area contributed by atoms with Gasteiger partial charge in [-0.15, -0.1) is 0 Å². The molecule has 3 heterocycles. The van der Waals surface area contributed by atoms with Gasteiger partial charge in [0.05, 0.1) is 12.1 Å². The minimum Gasteiger partial charge on any atom is -0.446 e. The molecular formula is C22H26F3N5O5. The van der Waals surface area contributed by atoms with Gasteiger partial charge in [0.1, 0.15) is 17.9 Å². The molecule has 1 saturated heterocycles. The van der Waals surface area contributed by atoms with Gasteiger partial charge in [-0.3, -0.25) is 9.47 Å². The Labute approximate surface area is 199 Å². The quantitative estimate of drug-likeness (QED) is 0.461. The van der Waals surface area contributed by atoms with Gasteiger partial charge in [0.25, 0.3) is 0 Å². The number of likely N-dealkylation sites (tertiary alicyclic amines) is 1. The Morgan fingerprint density at radius 3 is 2.60 bits per heavy atom. The molecule has 4 rings (SSSR count). The fourth-order valence-corrected chi connectivity index (χ4v) is 4.38. The number of aromatic nitrogens is 2. The van der Waals surface area contributed by atoms with Crippen LogP contribution < -0.4 is 10.1 Å². The molecule has 1 amide bonds. The van der Waals surface area contributed by atoms with Gasteiger partial charge in [0, 0.05) is 31.2 Å². The summed E-state index contributed by atoms with van der Waals surface area (Å²) in [4.78, 5) is 28.5. The SMILES string of the molecule is C[C@]1(CN2CCC(OC(=O)NCCc3ccc(C(F)(F)F)cc3)CC2)Cn2cc([N+](=O)[O-])nc2O1. The number of alkyl carbamates (subject to hydrolysis) is 1. The van der Waals surface area contributed by atoms with Crippen molar-refractivity contribution in [3.05, 3.63) is 51.7 Å². The van der Waals surface area contributed by atoms with Crippen LogP contribution in [0.1, 0.15) is 30.9 Å². The second-order valence-corrected chi connectivity index (χ2v) is 9.07. The van der Waals surface area contributed by atoms with Crippen LogP contribution in [0.3, 0.4) is 0 Å². The van der Waals surface area contributed by atoms with Crippen molar-refractivity contribution in [2.24, 2.45) is 0 Å². The third kappa shape index (κ3) is 6.21. The zero-order chi connectivity index (χ0) is 25.2. The Morgan fingerprint density at radius 2 is 2.00 bits per heavy atom. The highest BCUT2D eigenvalue weighted by atomic mass is 19.4. The summed E-state index contributed by atoms with van der Waals surface area (Å²) in [6, 6.07) is 5.08. The first kappa shape index (κ1) is 24.8. The number of piperidine rings is 1. The van der Waals surface area contributed by atoms with E-state index in [-0.39, 0.29) is 24.5 Å². The number of alkyl halides is 3. The number of benzene rings is 1. The number of halogens is 3. The van der Waals surface area contributed by atoms with Crippen molar-refractivity contribution in [1.29, 1.82) is 0 Å². The predicted octanol–water partition coefficient (Wildman–Crippen LogP) is 3.39. The van der Waals surface area contributed by atoms with Crippen LogP contribution in [0, 0.1) is 10.1 Å². The fourth-order valence-electron chi connectivity index (χ4n) is 4.38. The van der Waals surface area contributed by atoms with E-state index in [1.54, 1.807) is 4.57 Å². The standard InChI is InChI=1S/C22H26F3N5O5/c1-21(14-29-12-18(30(32)33)27-19(29)35-21)13-28-10-7-17(8-11-28)34-20(31)26-9-6-15-2-4-16(5-3-15)22(23,24)25/h2-5,12,17H,6-11,13-14H2,1H3,(H,26,31)/t21-/m0/s1. The molecule has 2 aromatic rings. The first-order chi connectivity index (χ1) is 16.5. The van der Waals surface area contributed by atoms with Gasteiger partial charge in [0.2, 0.25) is 0 Å². The van der Waals surface area contributed by atoms with Gasteiger partial charge in [-0.25, -0.2) is 4.79 Å². The van der Waals surface area contributed by atoms with Crippen molar-refractivity contribution in [3.63, 3.8) is 0 Å². The summed E-state index contributed by atoms with van der Waals surface area (Å²) in [5, 5.41) is 13.5. The second-order valence-electron chi connectivity index (χ2n) is 9.07. The summed E-state index contributed by atoms with van der Waals surface area (Å²) in [6.45, 7) is 4.65. The lowest BCUT2D eigenvalue weighted by Crippen LogP contribution is -2.49.